The second-order valence-electron chi connectivity index (χ2n) is 4.42. The van der Waals surface area contributed by atoms with Gasteiger partial charge in [0.1, 0.15) is 5.84 Å². The number of hydrazone groups is 1. The average Bonchev–Trinajstić information content (AvgIpc) is 2.49. The first-order chi connectivity index (χ1) is 9.43. The van der Waals surface area contributed by atoms with E-state index in [4.69, 9.17) is 0 Å². The summed E-state index contributed by atoms with van der Waals surface area (Å²) >= 11 is 0. The summed E-state index contributed by atoms with van der Waals surface area (Å²) in [5.74, 6) is 0.856. The van der Waals surface area contributed by atoms with Gasteiger partial charge in [-0.3, -0.25) is 10.4 Å². The highest BCUT2D eigenvalue weighted by Crippen LogP contribution is 2.14. The highest BCUT2D eigenvalue weighted by atomic mass is 35.5. The van der Waals surface area contributed by atoms with Gasteiger partial charge in [0.25, 0.3) is 0 Å². The molecule has 1 heterocycles. The van der Waals surface area contributed by atoms with E-state index in [0.29, 0.717) is 0 Å². The molecule has 0 amide bonds. The molecule has 20 heavy (non-hydrogen) atoms. The SMILES string of the molecule is C(=N\NC1=NCCc2ccccc21)/c1ccccc1.Cl. The summed E-state index contributed by atoms with van der Waals surface area (Å²) in [5.41, 5.74) is 6.60. The second kappa shape index (κ2) is 6.87. The molecule has 102 valence electrons. The van der Waals surface area contributed by atoms with Gasteiger partial charge in [0.2, 0.25) is 0 Å². The van der Waals surface area contributed by atoms with Crippen LogP contribution in [0.3, 0.4) is 0 Å². The van der Waals surface area contributed by atoms with Gasteiger partial charge < -0.3 is 0 Å². The van der Waals surface area contributed by atoms with Crippen molar-refractivity contribution in [3.05, 3.63) is 71.3 Å². The predicted molar refractivity (Wildman–Crippen MR) is 86.0 cm³/mol. The van der Waals surface area contributed by atoms with E-state index in [9.17, 15) is 0 Å². The molecule has 1 aliphatic rings. The van der Waals surface area contributed by atoms with Crippen LogP contribution >= 0.6 is 12.4 Å². The Balaban J connectivity index is 0.00000147. The van der Waals surface area contributed by atoms with Crippen LogP contribution in [0.5, 0.6) is 0 Å². The van der Waals surface area contributed by atoms with Crippen LogP contribution in [0.1, 0.15) is 16.7 Å². The van der Waals surface area contributed by atoms with E-state index >= 15 is 0 Å². The van der Waals surface area contributed by atoms with Crippen molar-refractivity contribution in [2.75, 3.05) is 6.54 Å². The van der Waals surface area contributed by atoms with Crippen molar-refractivity contribution in [1.29, 1.82) is 0 Å². The monoisotopic (exact) mass is 285 g/mol. The number of fused-ring (bicyclic) bond motifs is 1. The molecule has 1 N–H and O–H groups in total. The Morgan fingerprint density at radius 2 is 1.75 bits per heavy atom. The van der Waals surface area contributed by atoms with E-state index in [1.807, 2.05) is 36.4 Å². The molecule has 0 aromatic heterocycles. The van der Waals surface area contributed by atoms with Gasteiger partial charge in [0.15, 0.2) is 0 Å². The molecule has 0 bridgehead atoms. The zero-order chi connectivity index (χ0) is 12.9. The molecular formula is C16H16ClN3. The highest BCUT2D eigenvalue weighted by molar-refractivity contribution is 6.01. The zero-order valence-corrected chi connectivity index (χ0v) is 11.8. The molecule has 0 radical (unpaired) electrons. The fraction of sp³-hybridized carbons (Fsp3) is 0.125. The molecule has 0 atom stereocenters. The second-order valence-corrected chi connectivity index (χ2v) is 4.42. The van der Waals surface area contributed by atoms with E-state index in [2.05, 4.69) is 33.7 Å². The van der Waals surface area contributed by atoms with Crippen molar-refractivity contribution in [3.8, 4) is 0 Å². The largest absolute Gasteiger partial charge is 0.266 e. The molecule has 0 fully saturated rings. The molecule has 3 nitrogen and oxygen atoms in total. The summed E-state index contributed by atoms with van der Waals surface area (Å²) in [7, 11) is 0. The van der Waals surface area contributed by atoms with Gasteiger partial charge in [-0.05, 0) is 17.5 Å². The maximum atomic E-state index is 4.49. The summed E-state index contributed by atoms with van der Waals surface area (Å²) in [6, 6.07) is 18.3. The van der Waals surface area contributed by atoms with Crippen LogP contribution in [-0.4, -0.2) is 18.6 Å². The van der Waals surface area contributed by atoms with Crippen LogP contribution < -0.4 is 5.43 Å². The lowest BCUT2D eigenvalue weighted by molar-refractivity contribution is 0.902. The molecule has 0 unspecified atom stereocenters. The number of hydrogen-bond acceptors (Lipinski definition) is 3. The Hall–Kier alpha value is -2.13. The molecule has 2 aromatic carbocycles. The molecule has 0 saturated carbocycles. The van der Waals surface area contributed by atoms with Gasteiger partial charge in [-0.1, -0.05) is 54.6 Å². The lowest BCUT2D eigenvalue weighted by atomic mass is 10.0. The lowest BCUT2D eigenvalue weighted by Crippen LogP contribution is -2.24. The predicted octanol–water partition coefficient (Wildman–Crippen LogP) is 3.03. The van der Waals surface area contributed by atoms with Crippen LogP contribution in [0, 0.1) is 0 Å². The van der Waals surface area contributed by atoms with Crippen molar-refractivity contribution in [2.24, 2.45) is 10.1 Å². The van der Waals surface area contributed by atoms with Gasteiger partial charge in [-0.15, -0.1) is 12.4 Å². The topological polar surface area (TPSA) is 36.8 Å². The molecule has 4 heteroatoms. The number of rotatable bonds is 2. The zero-order valence-electron chi connectivity index (χ0n) is 11.0. The summed E-state index contributed by atoms with van der Waals surface area (Å²) in [6.07, 6.45) is 2.81. The summed E-state index contributed by atoms with van der Waals surface area (Å²) in [4.78, 5) is 4.49. The van der Waals surface area contributed by atoms with Crippen molar-refractivity contribution < 1.29 is 0 Å². The molecule has 3 rings (SSSR count). The first-order valence-electron chi connectivity index (χ1n) is 6.40. The third-order valence-electron chi connectivity index (χ3n) is 3.11. The molecule has 1 aliphatic heterocycles. The number of amidine groups is 1. The summed E-state index contributed by atoms with van der Waals surface area (Å²) in [5, 5.41) is 4.26. The number of nitrogens with zero attached hydrogens (tertiary/aromatic N) is 2. The fourth-order valence-electron chi connectivity index (χ4n) is 2.15. The van der Waals surface area contributed by atoms with Gasteiger partial charge >= 0.3 is 0 Å². The molecule has 2 aromatic rings. The third-order valence-corrected chi connectivity index (χ3v) is 3.11. The van der Waals surface area contributed by atoms with Crippen molar-refractivity contribution in [2.45, 2.75) is 6.42 Å². The van der Waals surface area contributed by atoms with Gasteiger partial charge in [-0.2, -0.15) is 5.10 Å². The Bertz CT molecular complexity index is 621. The van der Waals surface area contributed by atoms with Crippen molar-refractivity contribution in [1.82, 2.24) is 5.43 Å². The van der Waals surface area contributed by atoms with E-state index in [1.54, 1.807) is 6.21 Å². The van der Waals surface area contributed by atoms with Gasteiger partial charge in [0.05, 0.1) is 6.21 Å². The van der Waals surface area contributed by atoms with Crippen LogP contribution in [0.25, 0.3) is 0 Å². The number of hydrogen-bond donors (Lipinski definition) is 1. The first-order valence-corrected chi connectivity index (χ1v) is 6.40. The number of nitrogens with one attached hydrogen (secondary N) is 1. The van der Waals surface area contributed by atoms with Crippen LogP contribution in [0.2, 0.25) is 0 Å². The van der Waals surface area contributed by atoms with E-state index < -0.39 is 0 Å². The Morgan fingerprint density at radius 3 is 2.60 bits per heavy atom. The summed E-state index contributed by atoms with van der Waals surface area (Å²) < 4.78 is 0. The highest BCUT2D eigenvalue weighted by Gasteiger charge is 2.12. The summed E-state index contributed by atoms with van der Waals surface area (Å²) in [6.45, 7) is 0.820. The average molecular weight is 286 g/mol. The van der Waals surface area contributed by atoms with E-state index in [1.165, 1.54) is 5.56 Å². The fourth-order valence-corrected chi connectivity index (χ4v) is 2.15. The lowest BCUT2D eigenvalue weighted by Gasteiger charge is -2.15. The van der Waals surface area contributed by atoms with E-state index in [0.717, 1.165) is 29.9 Å². The third kappa shape index (κ3) is 3.25. The molecule has 0 saturated heterocycles. The van der Waals surface area contributed by atoms with Gasteiger partial charge in [0, 0.05) is 12.1 Å². The minimum Gasteiger partial charge on any atom is -0.266 e. The van der Waals surface area contributed by atoms with Crippen LogP contribution in [0.15, 0.2) is 64.7 Å². The molecule has 0 aliphatic carbocycles. The Labute approximate surface area is 124 Å². The minimum atomic E-state index is 0. The molecule has 0 spiro atoms. The van der Waals surface area contributed by atoms with Crippen LogP contribution in [0.4, 0.5) is 0 Å². The van der Waals surface area contributed by atoms with E-state index in [-0.39, 0.29) is 12.4 Å². The quantitative estimate of drug-likeness (QED) is 0.668. The normalized spacial score (nSPS) is 13.3. The standard InChI is InChI=1S/C16H15N3.ClH/c1-2-6-13(7-3-1)12-18-19-16-15-9-5-4-8-14(15)10-11-17-16;/h1-9,12H,10-11H2,(H,17,19);1H/b18-12+;. The Morgan fingerprint density at radius 1 is 1.00 bits per heavy atom. The first kappa shape index (κ1) is 14.3. The number of halogens is 1. The number of aliphatic imine (C=N–C) groups is 1. The maximum absolute atomic E-state index is 4.49. The number of benzene rings is 2. The van der Waals surface area contributed by atoms with Gasteiger partial charge in [-0.25, -0.2) is 0 Å². The van der Waals surface area contributed by atoms with Crippen LogP contribution in [-0.2, 0) is 6.42 Å². The Kier molecular flexibility index (Phi) is 4.91. The maximum Gasteiger partial charge on any atom is 0.149 e. The minimum absolute atomic E-state index is 0. The van der Waals surface area contributed by atoms with Crippen molar-refractivity contribution >= 4 is 24.5 Å². The molecular weight excluding hydrogens is 270 g/mol. The van der Waals surface area contributed by atoms with Crippen molar-refractivity contribution in [3.63, 3.8) is 0 Å². The smallest absolute Gasteiger partial charge is 0.149 e.